The molecule has 1 saturated heterocycles. The van der Waals surface area contributed by atoms with E-state index in [-0.39, 0.29) is 11.1 Å². The Morgan fingerprint density at radius 3 is 2.37 bits per heavy atom. The number of ether oxygens (including phenoxy) is 1. The lowest BCUT2D eigenvalue weighted by molar-refractivity contribution is -0.121. The maximum Gasteiger partial charge on any atom is 0.286 e. The van der Waals surface area contributed by atoms with Gasteiger partial charge in [-0.3, -0.25) is 19.9 Å². The second-order valence-corrected chi connectivity index (χ2v) is 7.98. The van der Waals surface area contributed by atoms with Crippen LogP contribution in [0.25, 0.3) is 0 Å². The molecule has 0 aliphatic carbocycles. The number of amides is 2. The average Bonchev–Trinajstić information content (AvgIpc) is 2.97. The van der Waals surface area contributed by atoms with E-state index < -0.39 is 4.75 Å². The molecule has 5 nitrogen and oxygen atoms in total. The van der Waals surface area contributed by atoms with Gasteiger partial charge in [-0.2, -0.15) is 0 Å². The summed E-state index contributed by atoms with van der Waals surface area (Å²) in [5.41, 5.74) is 3.26. The number of hydrogen-bond donors (Lipinski definition) is 1. The second-order valence-electron chi connectivity index (χ2n) is 6.62. The summed E-state index contributed by atoms with van der Waals surface area (Å²) >= 11 is 1.10. The highest BCUT2D eigenvalue weighted by atomic mass is 32.2. The van der Waals surface area contributed by atoms with Crippen molar-refractivity contribution < 1.29 is 14.3 Å². The van der Waals surface area contributed by atoms with Gasteiger partial charge in [0.15, 0.2) is 0 Å². The van der Waals surface area contributed by atoms with Crippen molar-refractivity contribution in [1.29, 1.82) is 0 Å². The Bertz CT molecular complexity index is 805. The van der Waals surface area contributed by atoms with Gasteiger partial charge in [0.2, 0.25) is 5.91 Å². The molecule has 2 amide bonds. The van der Waals surface area contributed by atoms with Crippen LogP contribution in [-0.4, -0.2) is 27.5 Å². The maximum absolute atomic E-state index is 12.1. The van der Waals surface area contributed by atoms with E-state index in [9.17, 15) is 9.59 Å². The number of benzene rings is 1. The second kappa shape index (κ2) is 8.57. The molecule has 1 aromatic heterocycles. The number of hydrogen-bond acceptors (Lipinski definition) is 5. The summed E-state index contributed by atoms with van der Waals surface area (Å²) in [5.74, 6) is 0.594. The molecule has 3 rings (SSSR count). The Kier molecular flexibility index (Phi) is 6.16. The normalized spacial score (nSPS) is 19.2. The van der Waals surface area contributed by atoms with Crippen LogP contribution in [0.4, 0.5) is 4.79 Å². The number of nitrogens with zero attached hydrogens (tertiary/aromatic N) is 1. The van der Waals surface area contributed by atoms with Crippen LogP contribution in [0, 0.1) is 0 Å². The standard InChI is InChI=1S/C21H24N2O3S/c1-3-15-5-8-17(22-14-15)11-12-26-18-9-6-16(7-10-18)13-21(4-2)19(24)23-20(25)27-21/h5-10,14H,3-4,11-13H2,1-2H3,(H,23,24,25). The summed E-state index contributed by atoms with van der Waals surface area (Å²) < 4.78 is 5.10. The van der Waals surface area contributed by atoms with Crippen molar-refractivity contribution in [1.82, 2.24) is 10.3 Å². The van der Waals surface area contributed by atoms with E-state index in [2.05, 4.69) is 23.3 Å². The number of aryl methyl sites for hydroxylation is 1. The minimum Gasteiger partial charge on any atom is -0.493 e. The molecule has 1 atom stereocenters. The zero-order valence-corrected chi connectivity index (χ0v) is 16.5. The number of pyridine rings is 1. The van der Waals surface area contributed by atoms with Crippen LogP contribution in [-0.2, 0) is 24.1 Å². The third-order valence-electron chi connectivity index (χ3n) is 4.82. The van der Waals surface area contributed by atoms with E-state index >= 15 is 0 Å². The molecule has 27 heavy (non-hydrogen) atoms. The molecule has 2 heterocycles. The first-order chi connectivity index (χ1) is 13.0. The van der Waals surface area contributed by atoms with Gasteiger partial charge >= 0.3 is 0 Å². The molecule has 0 spiro atoms. The van der Waals surface area contributed by atoms with E-state index in [0.717, 1.165) is 41.6 Å². The molecule has 1 fully saturated rings. The lowest BCUT2D eigenvalue weighted by Crippen LogP contribution is -2.37. The summed E-state index contributed by atoms with van der Waals surface area (Å²) in [6.45, 7) is 4.61. The number of carbonyl (C=O) groups excluding carboxylic acids is 2. The fourth-order valence-corrected chi connectivity index (χ4v) is 4.07. The van der Waals surface area contributed by atoms with Crippen molar-refractivity contribution in [3.63, 3.8) is 0 Å². The summed E-state index contributed by atoms with van der Waals surface area (Å²) in [7, 11) is 0. The lowest BCUT2D eigenvalue weighted by atomic mass is 9.95. The topological polar surface area (TPSA) is 68.3 Å². The number of carbonyl (C=O) groups is 2. The number of rotatable bonds is 8. The highest BCUT2D eigenvalue weighted by Gasteiger charge is 2.46. The van der Waals surface area contributed by atoms with Gasteiger partial charge in [0.1, 0.15) is 10.5 Å². The van der Waals surface area contributed by atoms with Gasteiger partial charge in [-0.15, -0.1) is 0 Å². The molecule has 1 aromatic carbocycles. The van der Waals surface area contributed by atoms with Crippen molar-refractivity contribution in [2.24, 2.45) is 0 Å². The molecule has 0 radical (unpaired) electrons. The zero-order chi connectivity index (χ0) is 19.3. The first kappa shape index (κ1) is 19.4. The van der Waals surface area contributed by atoms with Crippen molar-refractivity contribution in [3.05, 3.63) is 59.4 Å². The van der Waals surface area contributed by atoms with Crippen LogP contribution in [0.2, 0.25) is 0 Å². The molecule has 1 aliphatic rings. The molecule has 0 saturated carbocycles. The molecule has 1 N–H and O–H groups in total. The minimum atomic E-state index is -0.699. The van der Waals surface area contributed by atoms with Gasteiger partial charge in [0.25, 0.3) is 5.24 Å². The Hall–Kier alpha value is -2.34. The first-order valence-electron chi connectivity index (χ1n) is 9.24. The van der Waals surface area contributed by atoms with E-state index in [0.29, 0.717) is 19.4 Å². The Morgan fingerprint density at radius 2 is 1.81 bits per heavy atom. The van der Waals surface area contributed by atoms with Gasteiger partial charge in [-0.1, -0.05) is 32.0 Å². The van der Waals surface area contributed by atoms with E-state index in [1.165, 1.54) is 5.56 Å². The predicted octanol–water partition coefficient (Wildman–Crippen LogP) is 3.94. The van der Waals surface area contributed by atoms with Crippen LogP contribution < -0.4 is 10.1 Å². The molecule has 1 aliphatic heterocycles. The maximum atomic E-state index is 12.1. The summed E-state index contributed by atoms with van der Waals surface area (Å²) in [5, 5.41) is 2.13. The lowest BCUT2D eigenvalue weighted by Gasteiger charge is -2.22. The van der Waals surface area contributed by atoms with Crippen molar-refractivity contribution in [2.45, 2.75) is 44.3 Å². The van der Waals surface area contributed by atoms with Crippen LogP contribution in [0.5, 0.6) is 5.75 Å². The largest absolute Gasteiger partial charge is 0.493 e. The van der Waals surface area contributed by atoms with Crippen LogP contribution in [0.3, 0.4) is 0 Å². The summed E-state index contributed by atoms with van der Waals surface area (Å²) in [6.07, 6.45) is 4.79. The average molecular weight is 385 g/mol. The molecule has 0 bridgehead atoms. The molecular formula is C21H24N2O3S. The van der Waals surface area contributed by atoms with Gasteiger partial charge < -0.3 is 4.74 Å². The number of imide groups is 1. The highest BCUT2D eigenvalue weighted by Crippen LogP contribution is 2.38. The quantitative estimate of drug-likeness (QED) is 0.747. The molecule has 142 valence electrons. The summed E-state index contributed by atoms with van der Waals surface area (Å²) in [4.78, 5) is 28.1. The van der Waals surface area contributed by atoms with Gasteiger partial charge in [0.05, 0.1) is 6.61 Å². The fourth-order valence-electron chi connectivity index (χ4n) is 3.05. The fraction of sp³-hybridized carbons (Fsp3) is 0.381. The number of nitrogens with one attached hydrogen (secondary N) is 1. The number of aromatic nitrogens is 1. The van der Waals surface area contributed by atoms with Gasteiger partial charge in [-0.05, 0) is 60.4 Å². The first-order valence-corrected chi connectivity index (χ1v) is 10.1. The van der Waals surface area contributed by atoms with E-state index in [4.69, 9.17) is 4.74 Å². The molecule has 2 aromatic rings. The van der Waals surface area contributed by atoms with Gasteiger partial charge in [-0.25, -0.2) is 0 Å². The molecule has 6 heteroatoms. The predicted molar refractivity (Wildman–Crippen MR) is 107 cm³/mol. The van der Waals surface area contributed by atoms with Crippen molar-refractivity contribution in [3.8, 4) is 5.75 Å². The molecule has 1 unspecified atom stereocenters. The van der Waals surface area contributed by atoms with Crippen molar-refractivity contribution in [2.75, 3.05) is 6.61 Å². The minimum absolute atomic E-state index is 0.193. The third kappa shape index (κ3) is 4.69. The third-order valence-corrected chi connectivity index (χ3v) is 6.12. The van der Waals surface area contributed by atoms with Crippen LogP contribution >= 0.6 is 11.8 Å². The molecular weight excluding hydrogens is 360 g/mol. The van der Waals surface area contributed by atoms with Gasteiger partial charge in [0, 0.05) is 18.3 Å². The number of thioether (sulfide) groups is 1. The Labute approximate surface area is 163 Å². The Morgan fingerprint density at radius 1 is 1.07 bits per heavy atom. The SMILES string of the molecule is CCc1ccc(CCOc2ccc(CC3(CC)SC(=O)NC3=O)cc2)nc1. The van der Waals surface area contributed by atoms with Crippen LogP contribution in [0.15, 0.2) is 42.6 Å². The van der Waals surface area contributed by atoms with E-state index in [1.807, 2.05) is 43.5 Å². The highest BCUT2D eigenvalue weighted by molar-refractivity contribution is 8.16. The summed E-state index contributed by atoms with van der Waals surface area (Å²) in [6, 6.07) is 11.9. The van der Waals surface area contributed by atoms with Crippen molar-refractivity contribution >= 4 is 22.9 Å². The zero-order valence-electron chi connectivity index (χ0n) is 15.7. The Balaban J connectivity index is 1.54. The van der Waals surface area contributed by atoms with Crippen LogP contribution in [0.1, 0.15) is 37.1 Å². The smallest absolute Gasteiger partial charge is 0.286 e. The van der Waals surface area contributed by atoms with E-state index in [1.54, 1.807) is 0 Å². The monoisotopic (exact) mass is 384 g/mol.